The maximum Gasteiger partial charge on any atom is 0.322 e. The Morgan fingerprint density at radius 3 is 2.44 bits per heavy atom. The van der Waals surface area contributed by atoms with Gasteiger partial charge in [-0.2, -0.15) is 0 Å². The molecule has 2 aromatic carbocycles. The van der Waals surface area contributed by atoms with E-state index in [1.807, 2.05) is 12.1 Å². The van der Waals surface area contributed by atoms with E-state index in [1.54, 1.807) is 42.1 Å². The lowest BCUT2D eigenvalue weighted by atomic mass is 10.2. The molecular weight excluding hydrogens is 381 g/mol. The summed E-state index contributed by atoms with van der Waals surface area (Å²) in [5.74, 6) is 0.867. The molecule has 0 bridgehead atoms. The van der Waals surface area contributed by atoms with Crippen LogP contribution in [0.25, 0.3) is 11.5 Å². The van der Waals surface area contributed by atoms with E-state index in [9.17, 15) is 4.79 Å². The molecule has 3 aromatic rings. The zero-order valence-electron chi connectivity index (χ0n) is 13.1. The van der Waals surface area contributed by atoms with Crippen molar-refractivity contribution in [3.05, 3.63) is 58.1 Å². The van der Waals surface area contributed by atoms with E-state index in [-0.39, 0.29) is 17.8 Å². The van der Waals surface area contributed by atoms with Gasteiger partial charge in [0.1, 0.15) is 0 Å². The van der Waals surface area contributed by atoms with Crippen LogP contribution in [0.15, 0.2) is 51.8 Å². The molecule has 0 saturated carbocycles. The zero-order valence-corrected chi connectivity index (χ0v) is 15.5. The maximum absolute atomic E-state index is 12.2. The molecular formula is C17H13Cl2N3O2S. The summed E-state index contributed by atoms with van der Waals surface area (Å²) < 4.78 is 5.46. The number of hydrogen-bond donors (Lipinski definition) is 1. The molecule has 25 heavy (non-hydrogen) atoms. The molecule has 5 nitrogen and oxygen atoms in total. The SMILES string of the molecule is CCSc1ccc(C(=O)Nc2nnc(-c3cc(Cl)cc(Cl)c3)o2)cc1. The molecule has 0 atom stereocenters. The van der Waals surface area contributed by atoms with Crippen LogP contribution >= 0.6 is 35.0 Å². The lowest BCUT2D eigenvalue weighted by molar-refractivity contribution is 0.102. The van der Waals surface area contributed by atoms with Gasteiger partial charge in [-0.3, -0.25) is 10.1 Å². The van der Waals surface area contributed by atoms with Gasteiger partial charge in [-0.25, -0.2) is 0 Å². The minimum Gasteiger partial charge on any atom is -0.403 e. The second kappa shape index (κ2) is 7.91. The summed E-state index contributed by atoms with van der Waals surface area (Å²) in [6.07, 6.45) is 0. The Balaban J connectivity index is 1.73. The lowest BCUT2D eigenvalue weighted by Gasteiger charge is -2.02. The van der Waals surface area contributed by atoms with Crippen LogP contribution in [0.2, 0.25) is 10.0 Å². The first-order chi connectivity index (χ1) is 12.0. The van der Waals surface area contributed by atoms with E-state index in [4.69, 9.17) is 27.6 Å². The van der Waals surface area contributed by atoms with Gasteiger partial charge in [0.2, 0.25) is 5.89 Å². The fourth-order valence-corrected chi connectivity index (χ4v) is 3.29. The molecule has 1 heterocycles. The predicted molar refractivity (Wildman–Crippen MR) is 101 cm³/mol. The monoisotopic (exact) mass is 393 g/mol. The summed E-state index contributed by atoms with van der Waals surface area (Å²) in [5, 5.41) is 11.2. The van der Waals surface area contributed by atoms with Crippen molar-refractivity contribution >= 4 is 46.9 Å². The molecule has 1 aromatic heterocycles. The summed E-state index contributed by atoms with van der Waals surface area (Å²) in [4.78, 5) is 13.4. The molecule has 0 aliphatic carbocycles. The number of anilines is 1. The summed E-state index contributed by atoms with van der Waals surface area (Å²) in [6.45, 7) is 2.07. The standard InChI is InChI=1S/C17H13Cl2N3O2S/c1-2-25-14-5-3-10(4-6-14)15(23)20-17-22-21-16(24-17)11-7-12(18)9-13(19)8-11/h3-9H,2H2,1H3,(H,20,22,23). The van der Waals surface area contributed by atoms with Crippen LogP contribution in [-0.4, -0.2) is 21.9 Å². The third kappa shape index (κ3) is 4.54. The number of halogens is 2. The fourth-order valence-electron chi connectivity index (χ4n) is 2.11. The Morgan fingerprint density at radius 1 is 1.12 bits per heavy atom. The van der Waals surface area contributed by atoms with Crippen LogP contribution in [0.3, 0.4) is 0 Å². The van der Waals surface area contributed by atoms with Crippen LogP contribution in [0.4, 0.5) is 6.01 Å². The Kier molecular flexibility index (Phi) is 5.63. The number of hydrogen-bond acceptors (Lipinski definition) is 5. The van der Waals surface area contributed by atoms with Gasteiger partial charge < -0.3 is 4.42 Å². The molecule has 1 amide bonds. The van der Waals surface area contributed by atoms with E-state index in [2.05, 4.69) is 22.4 Å². The number of benzene rings is 2. The molecule has 128 valence electrons. The summed E-state index contributed by atoms with van der Waals surface area (Å²) in [7, 11) is 0. The molecule has 8 heteroatoms. The number of rotatable bonds is 5. The summed E-state index contributed by atoms with van der Waals surface area (Å²) in [6, 6.07) is 12.2. The first-order valence-corrected chi connectivity index (χ1v) is 9.13. The highest BCUT2D eigenvalue weighted by atomic mass is 35.5. The average molecular weight is 394 g/mol. The molecule has 0 radical (unpaired) electrons. The third-order valence-electron chi connectivity index (χ3n) is 3.18. The first-order valence-electron chi connectivity index (χ1n) is 7.39. The van der Waals surface area contributed by atoms with E-state index in [1.165, 1.54) is 0 Å². The first kappa shape index (κ1) is 17.8. The van der Waals surface area contributed by atoms with Crippen LogP contribution in [-0.2, 0) is 0 Å². The number of amides is 1. The van der Waals surface area contributed by atoms with Gasteiger partial charge >= 0.3 is 6.01 Å². The highest BCUT2D eigenvalue weighted by Crippen LogP contribution is 2.27. The largest absolute Gasteiger partial charge is 0.403 e. The van der Waals surface area contributed by atoms with Crippen molar-refractivity contribution in [3.8, 4) is 11.5 Å². The Morgan fingerprint density at radius 2 is 1.80 bits per heavy atom. The minimum atomic E-state index is -0.327. The number of thioether (sulfide) groups is 1. The molecule has 0 fully saturated rings. The Bertz CT molecular complexity index is 877. The smallest absolute Gasteiger partial charge is 0.322 e. The highest BCUT2D eigenvalue weighted by Gasteiger charge is 2.13. The van der Waals surface area contributed by atoms with Crippen LogP contribution < -0.4 is 5.32 Å². The van der Waals surface area contributed by atoms with E-state index in [0.29, 0.717) is 21.2 Å². The van der Waals surface area contributed by atoms with Crippen LogP contribution in [0, 0.1) is 0 Å². The van der Waals surface area contributed by atoms with Gasteiger partial charge in [0.25, 0.3) is 5.91 Å². The van der Waals surface area contributed by atoms with Gasteiger partial charge in [-0.05, 0) is 48.2 Å². The van der Waals surface area contributed by atoms with Crippen molar-refractivity contribution in [2.45, 2.75) is 11.8 Å². The second-order valence-corrected chi connectivity index (χ2v) is 7.19. The number of aromatic nitrogens is 2. The van der Waals surface area contributed by atoms with Crippen LogP contribution in [0.5, 0.6) is 0 Å². The van der Waals surface area contributed by atoms with Gasteiger partial charge in [0.05, 0.1) is 0 Å². The number of nitrogens with zero attached hydrogens (tertiary/aromatic N) is 2. The maximum atomic E-state index is 12.2. The van der Waals surface area contributed by atoms with Crippen molar-refractivity contribution in [2.75, 3.05) is 11.1 Å². The Hall–Kier alpha value is -2.02. The number of nitrogens with one attached hydrogen (secondary N) is 1. The predicted octanol–water partition coefficient (Wildman–Crippen LogP) is 5.41. The van der Waals surface area contributed by atoms with Crippen molar-refractivity contribution in [2.24, 2.45) is 0 Å². The molecule has 0 aliphatic rings. The molecule has 1 N–H and O–H groups in total. The fraction of sp³-hybridized carbons (Fsp3) is 0.118. The quantitative estimate of drug-likeness (QED) is 0.587. The van der Waals surface area contributed by atoms with Crippen LogP contribution in [0.1, 0.15) is 17.3 Å². The van der Waals surface area contributed by atoms with E-state index < -0.39 is 0 Å². The average Bonchev–Trinajstić information content (AvgIpc) is 3.03. The third-order valence-corrected chi connectivity index (χ3v) is 4.51. The molecule has 0 spiro atoms. The number of carbonyl (C=O) groups excluding carboxylic acids is 1. The summed E-state index contributed by atoms with van der Waals surface area (Å²) in [5.41, 5.74) is 1.08. The van der Waals surface area contributed by atoms with Crippen molar-refractivity contribution in [1.82, 2.24) is 10.2 Å². The van der Waals surface area contributed by atoms with E-state index >= 15 is 0 Å². The minimum absolute atomic E-state index is 0.00288. The lowest BCUT2D eigenvalue weighted by Crippen LogP contribution is -2.11. The normalized spacial score (nSPS) is 10.7. The van der Waals surface area contributed by atoms with Gasteiger partial charge in [-0.1, -0.05) is 35.2 Å². The number of carbonyl (C=O) groups is 1. The second-order valence-electron chi connectivity index (χ2n) is 4.98. The molecule has 0 saturated heterocycles. The van der Waals surface area contributed by atoms with Gasteiger partial charge in [-0.15, -0.1) is 16.9 Å². The van der Waals surface area contributed by atoms with Crippen molar-refractivity contribution in [1.29, 1.82) is 0 Å². The van der Waals surface area contributed by atoms with E-state index in [0.717, 1.165) is 10.6 Å². The highest BCUT2D eigenvalue weighted by molar-refractivity contribution is 7.99. The topological polar surface area (TPSA) is 68.0 Å². The Labute approximate surface area is 158 Å². The molecule has 0 aliphatic heterocycles. The van der Waals surface area contributed by atoms with Gasteiger partial charge in [0, 0.05) is 26.1 Å². The summed E-state index contributed by atoms with van der Waals surface area (Å²) >= 11 is 13.6. The van der Waals surface area contributed by atoms with Crippen molar-refractivity contribution in [3.63, 3.8) is 0 Å². The molecule has 3 rings (SSSR count). The zero-order chi connectivity index (χ0) is 17.8. The molecule has 0 unspecified atom stereocenters. The van der Waals surface area contributed by atoms with Gasteiger partial charge in [0.15, 0.2) is 0 Å². The van der Waals surface area contributed by atoms with Crippen molar-refractivity contribution < 1.29 is 9.21 Å².